The standard InChI is InChI=1S/C23H34N6O10/c24-17(10-16-4-2-1-3-5-16)23(39)26-25-18(30)11-27(6-8-28(12-19(31)32)13-20(33)34)7-9-29(14-21(35)36)15-22(37)38/h1-5,17H,6-15,24H2,(H,25,30)(H,26,39)(H,31,32)(H,33,34)(H,35,36)(H,37,38)/t17-/m1/s1. The Morgan fingerprint density at radius 3 is 1.46 bits per heavy atom. The van der Waals surface area contributed by atoms with Crippen molar-refractivity contribution in [1.82, 2.24) is 25.6 Å². The minimum absolute atomic E-state index is 0.0244. The number of hydrogen-bond acceptors (Lipinski definition) is 10. The summed E-state index contributed by atoms with van der Waals surface area (Å²) in [5.74, 6) is -6.38. The topological polar surface area (TPSA) is 243 Å². The van der Waals surface area contributed by atoms with Crippen LogP contribution in [0, 0.1) is 0 Å². The Hall–Kier alpha value is -4.12. The van der Waals surface area contributed by atoms with Crippen LogP contribution in [0.2, 0.25) is 0 Å². The SMILES string of the molecule is N[C@H](Cc1ccccc1)C(=O)NNC(=O)CN(CCN(CC(=O)O)CC(=O)O)CCN(CC(=O)O)CC(=O)O. The molecule has 0 radical (unpaired) electrons. The second-order valence-corrected chi connectivity index (χ2v) is 8.61. The fraction of sp³-hybridized carbons (Fsp3) is 0.478. The lowest BCUT2D eigenvalue weighted by Gasteiger charge is -2.28. The van der Waals surface area contributed by atoms with Crippen LogP contribution in [0.25, 0.3) is 0 Å². The van der Waals surface area contributed by atoms with Crippen molar-refractivity contribution in [1.29, 1.82) is 0 Å². The molecule has 0 aliphatic rings. The maximum absolute atomic E-state index is 12.5. The molecule has 39 heavy (non-hydrogen) atoms. The molecule has 1 rings (SSSR count). The first-order valence-electron chi connectivity index (χ1n) is 11.8. The highest BCUT2D eigenvalue weighted by molar-refractivity contribution is 5.86. The van der Waals surface area contributed by atoms with Crippen molar-refractivity contribution >= 4 is 35.7 Å². The summed E-state index contributed by atoms with van der Waals surface area (Å²) >= 11 is 0. The van der Waals surface area contributed by atoms with Gasteiger partial charge in [0.15, 0.2) is 0 Å². The van der Waals surface area contributed by atoms with E-state index in [2.05, 4.69) is 10.9 Å². The summed E-state index contributed by atoms with van der Waals surface area (Å²) in [7, 11) is 0. The maximum Gasteiger partial charge on any atom is 0.317 e. The number of nitrogens with zero attached hydrogens (tertiary/aromatic N) is 3. The van der Waals surface area contributed by atoms with Gasteiger partial charge in [0.1, 0.15) is 0 Å². The quantitative estimate of drug-likeness (QED) is 0.0840. The number of hydrazine groups is 1. The Balaban J connectivity index is 2.80. The van der Waals surface area contributed by atoms with Gasteiger partial charge in [0.05, 0.1) is 38.8 Å². The van der Waals surface area contributed by atoms with Crippen LogP contribution in [0.5, 0.6) is 0 Å². The summed E-state index contributed by atoms with van der Waals surface area (Å²) in [6.07, 6.45) is 0.223. The highest BCUT2D eigenvalue weighted by Gasteiger charge is 2.20. The largest absolute Gasteiger partial charge is 0.480 e. The van der Waals surface area contributed by atoms with Gasteiger partial charge in [0.2, 0.25) is 0 Å². The molecule has 1 aromatic rings. The van der Waals surface area contributed by atoms with Gasteiger partial charge < -0.3 is 26.2 Å². The molecular weight excluding hydrogens is 520 g/mol. The van der Waals surface area contributed by atoms with E-state index in [0.717, 1.165) is 15.4 Å². The molecule has 0 aliphatic carbocycles. The van der Waals surface area contributed by atoms with Gasteiger partial charge in [-0.05, 0) is 12.0 Å². The Morgan fingerprint density at radius 1 is 0.641 bits per heavy atom. The van der Waals surface area contributed by atoms with E-state index < -0.39 is 67.9 Å². The molecule has 1 aromatic carbocycles. The van der Waals surface area contributed by atoms with Gasteiger partial charge in [-0.25, -0.2) is 0 Å². The van der Waals surface area contributed by atoms with E-state index in [1.807, 2.05) is 6.07 Å². The molecule has 16 heteroatoms. The van der Waals surface area contributed by atoms with E-state index in [1.165, 1.54) is 4.90 Å². The van der Waals surface area contributed by atoms with Crippen molar-refractivity contribution in [2.24, 2.45) is 5.73 Å². The summed E-state index contributed by atoms with van der Waals surface area (Å²) in [4.78, 5) is 72.8. The second kappa shape index (κ2) is 17.4. The summed E-state index contributed by atoms with van der Waals surface area (Å²) in [6, 6.07) is 8.02. The molecule has 2 amide bonds. The van der Waals surface area contributed by atoms with Gasteiger partial charge in [0, 0.05) is 26.2 Å². The molecule has 0 aromatic heterocycles. The van der Waals surface area contributed by atoms with Crippen LogP contribution in [-0.2, 0) is 35.2 Å². The highest BCUT2D eigenvalue weighted by Crippen LogP contribution is 2.02. The maximum atomic E-state index is 12.5. The normalized spacial score (nSPS) is 11.8. The Labute approximate surface area is 223 Å². The number of nitrogens with one attached hydrogen (secondary N) is 2. The predicted octanol–water partition coefficient (Wildman–Crippen LogP) is -3.05. The highest BCUT2D eigenvalue weighted by atomic mass is 16.4. The van der Waals surface area contributed by atoms with Crippen LogP contribution < -0.4 is 16.6 Å². The number of carboxylic acids is 4. The number of carbonyl (C=O) groups excluding carboxylic acids is 2. The third-order valence-corrected chi connectivity index (χ3v) is 5.23. The zero-order valence-electron chi connectivity index (χ0n) is 21.2. The molecule has 0 unspecified atom stereocenters. The van der Waals surface area contributed by atoms with Gasteiger partial charge in [-0.2, -0.15) is 0 Å². The number of carbonyl (C=O) groups is 6. The summed E-state index contributed by atoms with van der Waals surface area (Å²) in [6.45, 7) is -2.89. The van der Waals surface area contributed by atoms with E-state index in [-0.39, 0.29) is 39.1 Å². The lowest BCUT2D eigenvalue weighted by atomic mass is 10.1. The van der Waals surface area contributed by atoms with E-state index in [4.69, 9.17) is 26.2 Å². The van der Waals surface area contributed by atoms with Crippen LogP contribution in [0.1, 0.15) is 5.56 Å². The number of benzene rings is 1. The zero-order chi connectivity index (χ0) is 29.4. The van der Waals surface area contributed by atoms with E-state index in [9.17, 15) is 28.8 Å². The smallest absolute Gasteiger partial charge is 0.317 e. The fourth-order valence-electron chi connectivity index (χ4n) is 3.46. The number of carboxylic acid groups (broad SMARTS) is 4. The predicted molar refractivity (Wildman–Crippen MR) is 134 cm³/mol. The molecule has 16 nitrogen and oxygen atoms in total. The Kier molecular flexibility index (Phi) is 14.7. The third-order valence-electron chi connectivity index (χ3n) is 5.23. The number of rotatable bonds is 19. The molecule has 1 atom stereocenters. The molecule has 0 aliphatic heterocycles. The summed E-state index contributed by atoms with van der Waals surface area (Å²) in [5.41, 5.74) is 11.1. The van der Waals surface area contributed by atoms with Crippen LogP contribution in [0.15, 0.2) is 30.3 Å². The molecule has 0 spiro atoms. The van der Waals surface area contributed by atoms with Gasteiger partial charge in [-0.15, -0.1) is 0 Å². The molecule has 0 saturated carbocycles. The van der Waals surface area contributed by atoms with Crippen molar-refractivity contribution in [3.63, 3.8) is 0 Å². The Bertz CT molecular complexity index is 921. The molecule has 0 fully saturated rings. The average Bonchev–Trinajstić information content (AvgIpc) is 2.83. The zero-order valence-corrected chi connectivity index (χ0v) is 21.2. The molecule has 0 heterocycles. The number of aliphatic carboxylic acids is 4. The fourth-order valence-corrected chi connectivity index (χ4v) is 3.46. The number of amides is 2. The number of nitrogens with two attached hydrogens (primary N) is 1. The van der Waals surface area contributed by atoms with Gasteiger partial charge in [0.25, 0.3) is 11.8 Å². The summed E-state index contributed by atoms with van der Waals surface area (Å²) < 4.78 is 0. The third kappa shape index (κ3) is 15.7. The minimum Gasteiger partial charge on any atom is -0.480 e. The lowest BCUT2D eigenvalue weighted by molar-refractivity contribution is -0.143. The van der Waals surface area contributed by atoms with E-state index in [0.29, 0.717) is 0 Å². The first-order valence-corrected chi connectivity index (χ1v) is 11.8. The first-order chi connectivity index (χ1) is 18.3. The van der Waals surface area contributed by atoms with Gasteiger partial charge in [-0.3, -0.25) is 54.3 Å². The van der Waals surface area contributed by atoms with Crippen molar-refractivity contribution in [2.45, 2.75) is 12.5 Å². The van der Waals surface area contributed by atoms with Crippen molar-refractivity contribution in [3.8, 4) is 0 Å². The molecule has 0 bridgehead atoms. The minimum atomic E-state index is -1.26. The molecular formula is C23H34N6O10. The van der Waals surface area contributed by atoms with Crippen LogP contribution in [-0.4, -0.2) is 136 Å². The average molecular weight is 555 g/mol. The van der Waals surface area contributed by atoms with Crippen molar-refractivity contribution in [3.05, 3.63) is 35.9 Å². The van der Waals surface area contributed by atoms with Crippen molar-refractivity contribution < 1.29 is 49.2 Å². The molecule has 8 N–H and O–H groups in total. The monoisotopic (exact) mass is 554 g/mol. The first kappa shape index (κ1) is 32.9. The van der Waals surface area contributed by atoms with E-state index >= 15 is 0 Å². The van der Waals surface area contributed by atoms with Crippen LogP contribution >= 0.6 is 0 Å². The molecule has 216 valence electrons. The Morgan fingerprint density at radius 2 is 1.05 bits per heavy atom. The van der Waals surface area contributed by atoms with Crippen molar-refractivity contribution in [2.75, 3.05) is 58.9 Å². The summed E-state index contributed by atoms with van der Waals surface area (Å²) in [5, 5.41) is 36.1. The van der Waals surface area contributed by atoms with Crippen LogP contribution in [0.4, 0.5) is 0 Å². The van der Waals surface area contributed by atoms with Gasteiger partial charge in [-0.1, -0.05) is 30.3 Å². The number of hydrogen-bond donors (Lipinski definition) is 7. The van der Waals surface area contributed by atoms with Gasteiger partial charge >= 0.3 is 23.9 Å². The van der Waals surface area contributed by atoms with Crippen LogP contribution in [0.3, 0.4) is 0 Å². The molecule has 0 saturated heterocycles. The van der Waals surface area contributed by atoms with E-state index in [1.54, 1.807) is 24.3 Å². The lowest BCUT2D eigenvalue weighted by Crippen LogP contribution is -2.53. The second-order valence-electron chi connectivity index (χ2n) is 8.61.